The molecule has 0 fully saturated rings. The number of rotatable bonds is 3. The Morgan fingerprint density at radius 2 is 1.83 bits per heavy atom. The molecule has 1 N–H and O–H groups in total. The lowest BCUT2D eigenvalue weighted by molar-refractivity contribution is 0.0888. The number of hydrogen-bond donors (Lipinski definition) is 1. The molecule has 24 heavy (non-hydrogen) atoms. The van der Waals surface area contributed by atoms with Gasteiger partial charge < -0.3 is 9.73 Å². The number of furan rings is 1. The minimum Gasteiger partial charge on any atom is -0.455 e. The number of carbonyl (C=O) groups is 2. The van der Waals surface area contributed by atoms with Crippen molar-refractivity contribution in [1.82, 2.24) is 5.32 Å². The Kier molecular flexibility index (Phi) is 4.08. The first-order valence-electron chi connectivity index (χ1n) is 8.26. The molecule has 4 heteroatoms. The van der Waals surface area contributed by atoms with E-state index in [0.29, 0.717) is 36.3 Å². The van der Waals surface area contributed by atoms with Crippen LogP contribution in [0.25, 0.3) is 0 Å². The molecular weight excluding hydrogens is 302 g/mol. The molecular formula is C20H23NO3. The molecule has 0 saturated carbocycles. The molecule has 126 valence electrons. The Labute approximate surface area is 142 Å². The highest BCUT2D eigenvalue weighted by Crippen LogP contribution is 2.38. The van der Waals surface area contributed by atoms with Crippen LogP contribution in [0.1, 0.15) is 63.6 Å². The van der Waals surface area contributed by atoms with E-state index in [2.05, 4.69) is 5.32 Å². The van der Waals surface area contributed by atoms with Gasteiger partial charge in [-0.25, -0.2) is 0 Å². The van der Waals surface area contributed by atoms with Gasteiger partial charge in [-0.05, 0) is 24.8 Å². The summed E-state index contributed by atoms with van der Waals surface area (Å²) in [5, 5.41) is 2.88. The van der Waals surface area contributed by atoms with Crippen molar-refractivity contribution in [3.05, 3.63) is 58.0 Å². The van der Waals surface area contributed by atoms with Crippen LogP contribution in [0.15, 0.2) is 28.7 Å². The molecule has 1 aromatic carbocycles. The second-order valence-electron chi connectivity index (χ2n) is 7.46. The third-order valence-corrected chi connectivity index (χ3v) is 4.56. The molecule has 0 spiro atoms. The van der Waals surface area contributed by atoms with Crippen LogP contribution in [0.4, 0.5) is 0 Å². The summed E-state index contributed by atoms with van der Waals surface area (Å²) in [6.07, 6.45) is 1.17. The third-order valence-electron chi connectivity index (χ3n) is 4.56. The number of amides is 1. The molecule has 0 aliphatic heterocycles. The minimum absolute atomic E-state index is 0.0695. The topological polar surface area (TPSA) is 59.3 Å². The van der Waals surface area contributed by atoms with Gasteiger partial charge in [0.1, 0.15) is 5.76 Å². The van der Waals surface area contributed by atoms with E-state index in [1.54, 1.807) is 6.92 Å². The fraction of sp³-hybridized carbons (Fsp3) is 0.400. The largest absolute Gasteiger partial charge is 0.455 e. The van der Waals surface area contributed by atoms with Crippen molar-refractivity contribution >= 4 is 11.7 Å². The predicted octanol–water partition coefficient (Wildman–Crippen LogP) is 3.98. The summed E-state index contributed by atoms with van der Waals surface area (Å²) in [4.78, 5) is 24.9. The van der Waals surface area contributed by atoms with E-state index in [9.17, 15) is 9.59 Å². The van der Waals surface area contributed by atoms with Gasteiger partial charge in [-0.15, -0.1) is 0 Å². The first kappa shape index (κ1) is 16.5. The summed E-state index contributed by atoms with van der Waals surface area (Å²) in [6, 6.07) is 8.00. The zero-order valence-corrected chi connectivity index (χ0v) is 14.7. The highest BCUT2D eigenvalue weighted by molar-refractivity contribution is 6.03. The Bertz CT molecular complexity index is 797. The van der Waals surface area contributed by atoms with Crippen LogP contribution in [0.5, 0.6) is 0 Å². The van der Waals surface area contributed by atoms with Crippen molar-refractivity contribution in [2.75, 3.05) is 0 Å². The summed E-state index contributed by atoms with van der Waals surface area (Å²) in [5.41, 5.74) is 3.35. The zero-order chi connectivity index (χ0) is 17.5. The lowest BCUT2D eigenvalue weighted by Gasteiger charge is -2.27. The smallest absolute Gasteiger partial charge is 0.287 e. The average Bonchev–Trinajstić information content (AvgIpc) is 2.82. The van der Waals surface area contributed by atoms with Gasteiger partial charge in [0.15, 0.2) is 11.5 Å². The van der Waals surface area contributed by atoms with Crippen LogP contribution in [-0.2, 0) is 13.0 Å². The third kappa shape index (κ3) is 3.14. The number of nitrogens with one attached hydrogen (secondary N) is 1. The lowest BCUT2D eigenvalue weighted by Crippen LogP contribution is -2.26. The molecule has 0 atom stereocenters. The molecule has 1 aromatic heterocycles. The van der Waals surface area contributed by atoms with Gasteiger partial charge in [0.2, 0.25) is 0 Å². The van der Waals surface area contributed by atoms with Crippen LogP contribution in [0.2, 0.25) is 0 Å². The molecule has 0 bridgehead atoms. The van der Waals surface area contributed by atoms with Gasteiger partial charge in [0, 0.05) is 24.9 Å². The number of carbonyl (C=O) groups excluding carboxylic acids is 2. The van der Waals surface area contributed by atoms with E-state index in [-0.39, 0.29) is 22.9 Å². The van der Waals surface area contributed by atoms with Gasteiger partial charge >= 0.3 is 0 Å². The Morgan fingerprint density at radius 1 is 1.17 bits per heavy atom. The predicted molar refractivity (Wildman–Crippen MR) is 92.2 cm³/mol. The van der Waals surface area contributed by atoms with Crippen molar-refractivity contribution in [2.24, 2.45) is 5.41 Å². The normalized spacial score (nSPS) is 15.9. The van der Waals surface area contributed by atoms with E-state index < -0.39 is 0 Å². The van der Waals surface area contributed by atoms with Gasteiger partial charge in [-0.3, -0.25) is 9.59 Å². The number of Topliss-reactive ketones (excluding diaryl/α,β-unsaturated/α-hetero) is 1. The molecule has 1 aliphatic carbocycles. The quantitative estimate of drug-likeness (QED) is 0.928. The second kappa shape index (κ2) is 5.93. The van der Waals surface area contributed by atoms with Crippen molar-refractivity contribution in [1.29, 1.82) is 0 Å². The van der Waals surface area contributed by atoms with Crippen LogP contribution >= 0.6 is 0 Å². The van der Waals surface area contributed by atoms with Gasteiger partial charge in [-0.2, -0.15) is 0 Å². The Balaban J connectivity index is 1.79. The average molecular weight is 325 g/mol. The number of fused-ring (bicyclic) bond motifs is 1. The van der Waals surface area contributed by atoms with E-state index in [1.165, 1.54) is 5.56 Å². The van der Waals surface area contributed by atoms with Crippen molar-refractivity contribution < 1.29 is 14.0 Å². The summed E-state index contributed by atoms with van der Waals surface area (Å²) in [6.45, 7) is 8.34. The summed E-state index contributed by atoms with van der Waals surface area (Å²) >= 11 is 0. The summed E-state index contributed by atoms with van der Waals surface area (Å²) in [7, 11) is 0. The minimum atomic E-state index is -0.270. The maximum absolute atomic E-state index is 12.5. The van der Waals surface area contributed by atoms with Crippen LogP contribution in [0.3, 0.4) is 0 Å². The maximum Gasteiger partial charge on any atom is 0.287 e. The molecule has 0 radical (unpaired) electrons. The molecule has 0 saturated heterocycles. The lowest BCUT2D eigenvalue weighted by atomic mass is 9.76. The van der Waals surface area contributed by atoms with Gasteiger partial charge in [0.25, 0.3) is 5.91 Å². The standard InChI is InChI=1S/C20H23NO3/c1-12-5-7-14(8-6-12)11-21-19(23)18-13(2)17-15(22)9-20(3,4)10-16(17)24-18/h5-8H,9-11H2,1-4H3,(H,21,23). The molecule has 1 aliphatic rings. The highest BCUT2D eigenvalue weighted by atomic mass is 16.4. The second-order valence-corrected chi connectivity index (χ2v) is 7.46. The van der Waals surface area contributed by atoms with E-state index in [4.69, 9.17) is 4.42 Å². The summed E-state index contributed by atoms with van der Waals surface area (Å²) < 4.78 is 5.78. The molecule has 4 nitrogen and oxygen atoms in total. The molecule has 1 amide bonds. The van der Waals surface area contributed by atoms with Crippen LogP contribution < -0.4 is 5.32 Å². The van der Waals surface area contributed by atoms with Crippen molar-refractivity contribution in [2.45, 2.75) is 47.1 Å². The van der Waals surface area contributed by atoms with Gasteiger partial charge in [0.05, 0.1) is 5.56 Å². The van der Waals surface area contributed by atoms with Crippen molar-refractivity contribution in [3.63, 3.8) is 0 Å². The van der Waals surface area contributed by atoms with Crippen LogP contribution in [-0.4, -0.2) is 11.7 Å². The first-order valence-corrected chi connectivity index (χ1v) is 8.26. The Hall–Kier alpha value is -2.36. The van der Waals surface area contributed by atoms with Crippen molar-refractivity contribution in [3.8, 4) is 0 Å². The van der Waals surface area contributed by atoms with E-state index >= 15 is 0 Å². The number of aryl methyl sites for hydroxylation is 1. The summed E-state index contributed by atoms with van der Waals surface area (Å²) in [5.74, 6) is 0.709. The van der Waals surface area contributed by atoms with Crippen LogP contribution in [0, 0.1) is 19.3 Å². The zero-order valence-electron chi connectivity index (χ0n) is 14.7. The van der Waals surface area contributed by atoms with Gasteiger partial charge in [-0.1, -0.05) is 43.7 Å². The van der Waals surface area contributed by atoms with E-state index in [1.807, 2.05) is 45.0 Å². The molecule has 0 unspecified atom stereocenters. The Morgan fingerprint density at radius 3 is 2.50 bits per heavy atom. The molecule has 2 aromatic rings. The number of ketones is 1. The fourth-order valence-electron chi connectivity index (χ4n) is 3.27. The number of hydrogen-bond acceptors (Lipinski definition) is 3. The molecule has 3 rings (SSSR count). The molecule has 1 heterocycles. The highest BCUT2D eigenvalue weighted by Gasteiger charge is 2.36. The number of benzene rings is 1. The SMILES string of the molecule is Cc1ccc(CNC(=O)c2oc3c(c2C)C(=O)CC(C)(C)C3)cc1. The first-order chi connectivity index (χ1) is 11.3. The fourth-order valence-corrected chi connectivity index (χ4v) is 3.27. The monoisotopic (exact) mass is 325 g/mol. The van der Waals surface area contributed by atoms with E-state index in [0.717, 1.165) is 5.56 Å². The maximum atomic E-state index is 12.5.